The summed E-state index contributed by atoms with van der Waals surface area (Å²) in [4.78, 5) is 0. The van der Waals surface area contributed by atoms with E-state index in [4.69, 9.17) is 0 Å². The molecule has 0 saturated carbocycles. The Morgan fingerprint density at radius 3 is 1.76 bits per heavy atom. The van der Waals surface area contributed by atoms with Crippen LogP contribution in [0.3, 0.4) is 0 Å². The van der Waals surface area contributed by atoms with Gasteiger partial charge < -0.3 is 0 Å². The molecule has 2 heteroatoms. The van der Waals surface area contributed by atoms with E-state index in [1.54, 1.807) is 0 Å². The second kappa shape index (κ2) is 13.3. The Kier molecular flexibility index (Phi) is 10.1. The number of hydrogen-bond acceptors (Lipinski definition) is 0. The number of unbranched alkanes of at least 4 members (excludes halogenated alkanes) is 7. The predicted octanol–water partition coefficient (Wildman–Crippen LogP) is 9.93. The Morgan fingerprint density at radius 2 is 1.12 bits per heavy atom. The van der Waals surface area contributed by atoms with Crippen molar-refractivity contribution in [2.45, 2.75) is 84.5 Å². The van der Waals surface area contributed by atoms with Gasteiger partial charge in [0.15, 0.2) is 11.6 Å². The Hall–Kier alpha value is -2.48. The Labute approximate surface area is 199 Å². The van der Waals surface area contributed by atoms with Crippen molar-refractivity contribution >= 4 is 0 Å². The van der Waals surface area contributed by atoms with Gasteiger partial charge in [0.1, 0.15) is 0 Å². The van der Waals surface area contributed by atoms with Gasteiger partial charge in [0, 0.05) is 5.56 Å². The first kappa shape index (κ1) is 25.1. The second-order valence-corrected chi connectivity index (χ2v) is 9.11. The fourth-order valence-corrected chi connectivity index (χ4v) is 4.59. The number of aryl methyl sites for hydroxylation is 1. The van der Waals surface area contributed by atoms with Gasteiger partial charge in [-0.15, -0.1) is 0 Å². The first-order valence-electron chi connectivity index (χ1n) is 12.8. The van der Waals surface area contributed by atoms with Gasteiger partial charge in [0.05, 0.1) is 0 Å². The summed E-state index contributed by atoms with van der Waals surface area (Å²) in [5.41, 5.74) is 4.84. The highest BCUT2D eigenvalue weighted by molar-refractivity contribution is 5.71. The van der Waals surface area contributed by atoms with Crippen molar-refractivity contribution in [3.63, 3.8) is 0 Å². The van der Waals surface area contributed by atoms with Crippen LogP contribution in [0.5, 0.6) is 0 Å². The summed E-state index contributed by atoms with van der Waals surface area (Å²) in [6.07, 6.45) is 12.1. The molecule has 0 atom stereocenters. The number of rotatable bonds is 13. The fraction of sp³-hybridized carbons (Fsp3) is 0.419. The predicted molar refractivity (Wildman–Crippen MR) is 138 cm³/mol. The van der Waals surface area contributed by atoms with Crippen molar-refractivity contribution in [2.75, 3.05) is 0 Å². The lowest BCUT2D eigenvalue weighted by atomic mass is 9.91. The number of benzene rings is 3. The smallest absolute Gasteiger partial charge is 0.166 e. The van der Waals surface area contributed by atoms with Crippen molar-refractivity contribution in [1.82, 2.24) is 0 Å². The molecule has 0 heterocycles. The highest BCUT2D eigenvalue weighted by Gasteiger charge is 2.19. The van der Waals surface area contributed by atoms with Crippen molar-refractivity contribution < 1.29 is 8.78 Å². The molecular formula is C31H38F2. The molecule has 0 aromatic heterocycles. The van der Waals surface area contributed by atoms with Gasteiger partial charge >= 0.3 is 0 Å². The van der Waals surface area contributed by atoms with Crippen molar-refractivity contribution in [3.8, 4) is 22.3 Å². The van der Waals surface area contributed by atoms with Gasteiger partial charge in [-0.3, -0.25) is 0 Å². The third-order valence-corrected chi connectivity index (χ3v) is 6.50. The van der Waals surface area contributed by atoms with E-state index in [1.165, 1.54) is 38.5 Å². The Bertz CT molecular complexity index is 974. The normalized spacial score (nSPS) is 11.2. The Balaban J connectivity index is 1.75. The standard InChI is InChI=1S/C31H38F2/c1-3-5-6-7-8-9-10-12-18-27-23-29(31(33)30(32)28(27)15-4-2)26-21-19-25(20-22-26)24-16-13-11-14-17-24/h11,13-14,16-17,19-23H,3-10,12,15,18H2,1-2H3. The quantitative estimate of drug-likeness (QED) is 0.228. The average molecular weight is 449 g/mol. The molecule has 0 N–H and O–H groups in total. The largest absolute Gasteiger partial charge is 0.203 e. The highest BCUT2D eigenvalue weighted by Crippen LogP contribution is 2.32. The molecule has 176 valence electrons. The monoisotopic (exact) mass is 448 g/mol. The maximum atomic E-state index is 15.1. The van der Waals surface area contributed by atoms with Crippen LogP contribution >= 0.6 is 0 Å². The minimum atomic E-state index is -0.717. The van der Waals surface area contributed by atoms with Gasteiger partial charge in [0.2, 0.25) is 0 Å². The molecule has 0 aliphatic rings. The van der Waals surface area contributed by atoms with Crippen LogP contribution in [0, 0.1) is 11.6 Å². The van der Waals surface area contributed by atoms with E-state index in [2.05, 4.69) is 19.1 Å². The molecule has 0 bridgehead atoms. The molecule has 0 unspecified atom stereocenters. The maximum Gasteiger partial charge on any atom is 0.166 e. The lowest BCUT2D eigenvalue weighted by Gasteiger charge is -2.15. The summed E-state index contributed by atoms with van der Waals surface area (Å²) in [6.45, 7) is 4.26. The summed E-state index contributed by atoms with van der Waals surface area (Å²) in [7, 11) is 0. The van der Waals surface area contributed by atoms with E-state index in [-0.39, 0.29) is 0 Å². The lowest BCUT2D eigenvalue weighted by Crippen LogP contribution is -2.04. The van der Waals surface area contributed by atoms with Crippen molar-refractivity contribution in [3.05, 3.63) is 83.4 Å². The van der Waals surface area contributed by atoms with Crippen LogP contribution in [0.25, 0.3) is 22.3 Å². The first-order valence-corrected chi connectivity index (χ1v) is 12.8. The number of halogens is 2. The molecule has 0 saturated heterocycles. The molecule has 3 aromatic rings. The third kappa shape index (κ3) is 7.00. The summed E-state index contributed by atoms with van der Waals surface area (Å²) in [5, 5.41) is 0. The summed E-state index contributed by atoms with van der Waals surface area (Å²) in [5.74, 6) is -1.37. The topological polar surface area (TPSA) is 0 Å². The molecule has 0 radical (unpaired) electrons. The van der Waals surface area contributed by atoms with Crippen LogP contribution in [0.4, 0.5) is 8.78 Å². The zero-order valence-corrected chi connectivity index (χ0v) is 20.3. The molecule has 3 aromatic carbocycles. The van der Waals surface area contributed by atoms with Crippen LogP contribution < -0.4 is 0 Å². The van der Waals surface area contributed by atoms with E-state index in [0.717, 1.165) is 47.9 Å². The van der Waals surface area contributed by atoms with Crippen LogP contribution in [0.1, 0.15) is 82.8 Å². The first-order chi connectivity index (χ1) is 16.2. The van der Waals surface area contributed by atoms with Gasteiger partial charge in [-0.2, -0.15) is 0 Å². The molecule has 0 nitrogen and oxygen atoms in total. The molecular weight excluding hydrogens is 410 g/mol. The summed E-state index contributed by atoms with van der Waals surface area (Å²) in [6, 6.07) is 19.8. The third-order valence-electron chi connectivity index (χ3n) is 6.50. The molecule has 0 aliphatic carbocycles. The minimum Gasteiger partial charge on any atom is -0.203 e. The molecule has 0 amide bonds. The molecule has 3 rings (SSSR count). The SMILES string of the molecule is CCCCCCCCCCc1cc(-c2ccc(-c3ccccc3)cc2)c(F)c(F)c1CCC. The average Bonchev–Trinajstić information content (AvgIpc) is 2.85. The van der Waals surface area contributed by atoms with Crippen molar-refractivity contribution in [2.24, 2.45) is 0 Å². The molecule has 0 spiro atoms. The summed E-state index contributed by atoms with van der Waals surface area (Å²) < 4.78 is 30.2. The molecule has 0 fully saturated rings. The van der Waals surface area contributed by atoms with E-state index in [1.807, 2.05) is 55.5 Å². The van der Waals surface area contributed by atoms with Crippen LogP contribution in [0.2, 0.25) is 0 Å². The van der Waals surface area contributed by atoms with Crippen molar-refractivity contribution in [1.29, 1.82) is 0 Å². The molecule has 0 aliphatic heterocycles. The lowest BCUT2D eigenvalue weighted by molar-refractivity contribution is 0.497. The van der Waals surface area contributed by atoms with E-state index in [0.29, 0.717) is 17.5 Å². The minimum absolute atomic E-state index is 0.376. The van der Waals surface area contributed by atoms with E-state index >= 15 is 8.78 Å². The molecule has 33 heavy (non-hydrogen) atoms. The van der Waals surface area contributed by atoms with Gasteiger partial charge in [-0.1, -0.05) is 120 Å². The number of hydrogen-bond donors (Lipinski definition) is 0. The van der Waals surface area contributed by atoms with E-state index < -0.39 is 11.6 Å². The van der Waals surface area contributed by atoms with Gasteiger partial charge in [0.25, 0.3) is 0 Å². The van der Waals surface area contributed by atoms with Crippen LogP contribution in [-0.2, 0) is 12.8 Å². The Morgan fingerprint density at radius 1 is 0.545 bits per heavy atom. The van der Waals surface area contributed by atoms with E-state index in [9.17, 15) is 0 Å². The second-order valence-electron chi connectivity index (χ2n) is 9.11. The highest BCUT2D eigenvalue weighted by atomic mass is 19.2. The van der Waals surface area contributed by atoms with Gasteiger partial charge in [-0.25, -0.2) is 8.78 Å². The van der Waals surface area contributed by atoms with Gasteiger partial charge in [-0.05, 0) is 53.1 Å². The van der Waals surface area contributed by atoms with Crippen LogP contribution in [-0.4, -0.2) is 0 Å². The zero-order chi connectivity index (χ0) is 23.5. The maximum absolute atomic E-state index is 15.1. The summed E-state index contributed by atoms with van der Waals surface area (Å²) >= 11 is 0. The zero-order valence-electron chi connectivity index (χ0n) is 20.3. The fourth-order valence-electron chi connectivity index (χ4n) is 4.59. The van der Waals surface area contributed by atoms with Crippen LogP contribution in [0.15, 0.2) is 60.7 Å².